The van der Waals surface area contributed by atoms with Crippen molar-refractivity contribution in [2.75, 3.05) is 6.61 Å². The summed E-state index contributed by atoms with van der Waals surface area (Å²) < 4.78 is 34.7. The minimum absolute atomic E-state index is 0.0129. The van der Waals surface area contributed by atoms with E-state index in [-0.39, 0.29) is 23.1 Å². The molecule has 0 radical (unpaired) electrons. The maximum absolute atomic E-state index is 16.6. The highest BCUT2D eigenvalue weighted by Crippen LogP contribution is 2.51. The lowest BCUT2D eigenvalue weighted by Crippen LogP contribution is -2.56. The molecule has 1 aliphatic heterocycles. The van der Waals surface area contributed by atoms with Gasteiger partial charge < -0.3 is 19.3 Å². The highest BCUT2D eigenvalue weighted by molar-refractivity contribution is 5.95. The summed E-state index contributed by atoms with van der Waals surface area (Å²) >= 11 is 0. The second-order valence-electron chi connectivity index (χ2n) is 9.98. The number of aromatic nitrogens is 2. The lowest BCUT2D eigenvalue weighted by atomic mass is 9.89. The normalized spacial score (nSPS) is 22.7. The Bertz CT molecular complexity index is 1790. The van der Waals surface area contributed by atoms with E-state index in [0.29, 0.717) is 9.13 Å². The van der Waals surface area contributed by atoms with Crippen LogP contribution in [0.25, 0.3) is 0 Å². The van der Waals surface area contributed by atoms with Crippen molar-refractivity contribution in [3.05, 3.63) is 141 Å². The first-order valence-electron chi connectivity index (χ1n) is 13.6. The van der Waals surface area contributed by atoms with Gasteiger partial charge >= 0.3 is 17.6 Å². The highest BCUT2D eigenvalue weighted by atomic mass is 19.2. The van der Waals surface area contributed by atoms with E-state index in [9.17, 15) is 29.1 Å². The second-order valence-corrected chi connectivity index (χ2v) is 9.98. The molecule has 0 bridgehead atoms. The highest BCUT2D eigenvalue weighted by Gasteiger charge is 2.70. The average Bonchev–Trinajstić information content (AvgIpc) is 3.29. The molecule has 3 aromatic carbocycles. The van der Waals surface area contributed by atoms with Crippen LogP contribution in [0, 0.1) is 0 Å². The fraction of sp³-hybridized carbons (Fsp3) is 0.219. The van der Waals surface area contributed by atoms with Gasteiger partial charge in [0.25, 0.3) is 17.3 Å². The Morgan fingerprint density at radius 3 is 1.89 bits per heavy atom. The Labute approximate surface area is 249 Å². The van der Waals surface area contributed by atoms with E-state index in [4.69, 9.17) is 14.2 Å². The standard InChI is InChI=1S/C32H27FN2O9/c1-2-31(43-27(40)23-16-10-5-11-17-23)28(42-26(39)22-14-8-4-9-15-22)32(33,20-36)44-29(31)34-19-18-24(37)35(30(34)41)25(38)21-12-6-3-7-13-21/h3-19,28-29,36H,2,20H2,1H3/t28-,29+,31+,32+/m0/s1. The van der Waals surface area contributed by atoms with Gasteiger partial charge in [-0.2, -0.15) is 4.57 Å². The predicted molar refractivity (Wildman–Crippen MR) is 153 cm³/mol. The van der Waals surface area contributed by atoms with Gasteiger partial charge in [0, 0.05) is 17.8 Å². The minimum Gasteiger partial charge on any atom is -0.448 e. The number of hydrogen-bond acceptors (Lipinski definition) is 9. The molecule has 1 N–H and O–H groups in total. The summed E-state index contributed by atoms with van der Waals surface area (Å²) in [5.41, 5.74) is -4.45. The number of carbonyl (C=O) groups is 3. The van der Waals surface area contributed by atoms with Gasteiger partial charge in [0.15, 0.2) is 11.8 Å². The van der Waals surface area contributed by atoms with Gasteiger partial charge in [0.05, 0.1) is 11.1 Å². The van der Waals surface area contributed by atoms with E-state index < -0.39 is 59.5 Å². The molecular weight excluding hydrogens is 575 g/mol. The van der Waals surface area contributed by atoms with Crippen molar-refractivity contribution in [2.24, 2.45) is 0 Å². The Balaban J connectivity index is 1.68. The summed E-state index contributed by atoms with van der Waals surface area (Å²) in [6.45, 7) is 0.0927. The monoisotopic (exact) mass is 602 g/mol. The van der Waals surface area contributed by atoms with Gasteiger partial charge in [-0.25, -0.2) is 18.8 Å². The van der Waals surface area contributed by atoms with E-state index in [0.717, 1.165) is 12.3 Å². The number of hydrogen-bond donors (Lipinski definition) is 1. The molecule has 4 aromatic rings. The van der Waals surface area contributed by atoms with Gasteiger partial charge in [0.1, 0.15) is 6.61 Å². The predicted octanol–water partition coefficient (Wildman–Crippen LogP) is 3.12. The van der Waals surface area contributed by atoms with E-state index in [1.54, 1.807) is 42.5 Å². The number of rotatable bonds is 8. The number of ether oxygens (including phenoxy) is 3. The number of aliphatic hydroxyl groups is 1. The van der Waals surface area contributed by atoms with Crippen LogP contribution in [0.5, 0.6) is 0 Å². The zero-order chi connectivity index (χ0) is 31.5. The lowest BCUT2D eigenvalue weighted by Gasteiger charge is -2.37. The Morgan fingerprint density at radius 1 is 0.841 bits per heavy atom. The molecule has 1 aliphatic rings. The van der Waals surface area contributed by atoms with Crippen LogP contribution in [0.4, 0.5) is 4.39 Å². The van der Waals surface area contributed by atoms with Crippen molar-refractivity contribution in [3.8, 4) is 0 Å². The largest absolute Gasteiger partial charge is 0.448 e. The third kappa shape index (κ3) is 5.36. The van der Waals surface area contributed by atoms with Crippen LogP contribution >= 0.6 is 0 Å². The molecule has 1 fully saturated rings. The third-order valence-corrected chi connectivity index (χ3v) is 7.34. The zero-order valence-corrected chi connectivity index (χ0v) is 23.4. The Hall–Kier alpha value is -5.20. The van der Waals surface area contributed by atoms with Crippen LogP contribution in [0.3, 0.4) is 0 Å². The van der Waals surface area contributed by atoms with Gasteiger partial charge in [-0.15, -0.1) is 0 Å². The third-order valence-electron chi connectivity index (χ3n) is 7.34. The van der Waals surface area contributed by atoms with Crippen LogP contribution in [-0.2, 0) is 14.2 Å². The molecule has 0 spiro atoms. The van der Waals surface area contributed by atoms with Crippen LogP contribution in [0.1, 0.15) is 50.6 Å². The molecule has 1 saturated heterocycles. The second kappa shape index (κ2) is 12.2. The first-order chi connectivity index (χ1) is 21.1. The van der Waals surface area contributed by atoms with Crippen molar-refractivity contribution >= 4 is 17.8 Å². The van der Waals surface area contributed by atoms with E-state index in [1.807, 2.05) is 0 Å². The molecule has 12 heteroatoms. The molecule has 5 rings (SSSR count). The molecule has 0 unspecified atom stereocenters. The fourth-order valence-electron chi connectivity index (χ4n) is 5.10. The van der Waals surface area contributed by atoms with Crippen LogP contribution in [0.15, 0.2) is 113 Å². The minimum atomic E-state index is -3.20. The molecule has 44 heavy (non-hydrogen) atoms. The maximum Gasteiger partial charge on any atom is 0.340 e. The Kier molecular flexibility index (Phi) is 8.39. The summed E-state index contributed by atoms with van der Waals surface area (Å²) in [4.78, 5) is 66.5. The first kappa shape index (κ1) is 30.3. The van der Waals surface area contributed by atoms with Gasteiger partial charge in [-0.3, -0.25) is 14.2 Å². The zero-order valence-electron chi connectivity index (χ0n) is 23.4. The Morgan fingerprint density at radius 2 is 1.36 bits per heavy atom. The fourth-order valence-corrected chi connectivity index (χ4v) is 5.10. The first-order valence-corrected chi connectivity index (χ1v) is 13.6. The number of halogens is 1. The molecule has 11 nitrogen and oxygen atoms in total. The molecule has 0 amide bonds. The summed E-state index contributed by atoms with van der Waals surface area (Å²) in [5, 5.41) is 10.2. The topological polar surface area (TPSA) is 143 Å². The number of benzene rings is 3. The molecule has 1 aromatic heterocycles. The van der Waals surface area contributed by atoms with E-state index >= 15 is 4.39 Å². The van der Waals surface area contributed by atoms with E-state index in [1.165, 1.54) is 55.5 Å². The average molecular weight is 603 g/mol. The maximum atomic E-state index is 16.6. The van der Waals surface area contributed by atoms with E-state index in [2.05, 4.69) is 0 Å². The van der Waals surface area contributed by atoms with Crippen molar-refractivity contribution in [1.82, 2.24) is 9.13 Å². The molecule has 226 valence electrons. The smallest absolute Gasteiger partial charge is 0.340 e. The van der Waals surface area contributed by atoms with Gasteiger partial charge in [-0.05, 0) is 42.8 Å². The molecule has 2 heterocycles. The summed E-state index contributed by atoms with van der Waals surface area (Å²) in [7, 11) is 0. The van der Waals surface area contributed by atoms with Crippen molar-refractivity contribution in [3.63, 3.8) is 0 Å². The summed E-state index contributed by atoms with van der Waals surface area (Å²) in [6, 6.07) is 23.6. The van der Waals surface area contributed by atoms with Gasteiger partial charge in [0.2, 0.25) is 6.10 Å². The summed E-state index contributed by atoms with van der Waals surface area (Å²) in [5.74, 6) is -6.19. The van der Waals surface area contributed by atoms with Crippen molar-refractivity contribution < 1.29 is 38.1 Å². The SMILES string of the molecule is CC[C@]1(OC(=O)c2ccccc2)[C@H](n2ccc(=O)n(C(=O)c3ccccc3)c2=O)O[C@](F)(CO)[C@H]1OC(=O)c1ccccc1. The van der Waals surface area contributed by atoms with Crippen LogP contribution in [-0.4, -0.2) is 56.3 Å². The van der Waals surface area contributed by atoms with Crippen LogP contribution in [0.2, 0.25) is 0 Å². The quantitative estimate of drug-likeness (QED) is 0.301. The summed E-state index contributed by atoms with van der Waals surface area (Å²) in [6.07, 6.45) is -3.40. The lowest BCUT2D eigenvalue weighted by molar-refractivity contribution is -0.207. The molecule has 0 saturated carbocycles. The molecule has 0 aliphatic carbocycles. The number of alkyl halides is 1. The van der Waals surface area contributed by atoms with Crippen LogP contribution < -0.4 is 11.2 Å². The number of esters is 2. The number of nitrogens with zero attached hydrogens (tertiary/aromatic N) is 2. The number of carbonyl (C=O) groups excluding carboxylic acids is 3. The number of aliphatic hydroxyl groups excluding tert-OH is 1. The van der Waals surface area contributed by atoms with Crippen molar-refractivity contribution in [1.29, 1.82) is 0 Å². The van der Waals surface area contributed by atoms with Gasteiger partial charge in [-0.1, -0.05) is 61.5 Å². The molecule has 4 atom stereocenters. The molecular formula is C32H27FN2O9. The van der Waals surface area contributed by atoms with Crippen molar-refractivity contribution in [2.45, 2.75) is 37.1 Å².